The molecule has 0 aliphatic heterocycles. The van der Waals surface area contributed by atoms with E-state index in [9.17, 15) is 15.3 Å². The molecular weight excluding hydrogens is 276 g/mol. The van der Waals surface area contributed by atoms with E-state index >= 15 is 0 Å². The second-order valence-electron chi connectivity index (χ2n) is 8.69. The summed E-state index contributed by atoms with van der Waals surface area (Å²) in [5.41, 5.74) is 1.35. The van der Waals surface area contributed by atoms with Crippen LogP contribution >= 0.6 is 0 Å². The van der Waals surface area contributed by atoms with Crippen LogP contribution in [-0.2, 0) is 0 Å². The second kappa shape index (κ2) is 5.06. The number of hydrogen-bond acceptors (Lipinski definition) is 3. The Hall–Kier alpha value is -0.380. The van der Waals surface area contributed by atoms with Gasteiger partial charge in [-0.2, -0.15) is 0 Å². The molecule has 0 unspecified atom stereocenters. The minimum Gasteiger partial charge on any atom is -0.395 e. The highest BCUT2D eigenvalue weighted by Gasteiger charge is 2.59. The average Bonchev–Trinajstić information content (AvgIpc) is 2.82. The maximum atomic E-state index is 10.5. The van der Waals surface area contributed by atoms with E-state index in [1.807, 2.05) is 0 Å². The van der Waals surface area contributed by atoms with Gasteiger partial charge in [0, 0.05) is 5.41 Å². The molecule has 0 heterocycles. The molecule has 0 radical (unpaired) electrons. The van der Waals surface area contributed by atoms with Gasteiger partial charge >= 0.3 is 0 Å². The van der Waals surface area contributed by atoms with Gasteiger partial charge < -0.3 is 15.3 Å². The Labute approximate surface area is 133 Å². The zero-order chi connectivity index (χ0) is 15.5. The third-order valence-electron chi connectivity index (χ3n) is 8.03. The van der Waals surface area contributed by atoms with Crippen molar-refractivity contribution in [2.45, 2.75) is 70.5 Å². The van der Waals surface area contributed by atoms with Crippen molar-refractivity contribution >= 4 is 0 Å². The number of allylic oxidation sites excluding steroid dienone is 1. The Bertz CT molecular complexity index is 487. The summed E-state index contributed by atoms with van der Waals surface area (Å²) >= 11 is 0. The van der Waals surface area contributed by atoms with E-state index < -0.39 is 0 Å². The van der Waals surface area contributed by atoms with Crippen LogP contribution in [0.2, 0.25) is 0 Å². The summed E-state index contributed by atoms with van der Waals surface area (Å²) in [6, 6.07) is 0. The molecule has 124 valence electrons. The number of fused-ring (bicyclic) bond motifs is 5. The van der Waals surface area contributed by atoms with Crippen LogP contribution in [0.15, 0.2) is 11.6 Å². The first kappa shape index (κ1) is 15.2. The Kier molecular flexibility index (Phi) is 3.49. The minimum absolute atomic E-state index is 0.0724. The van der Waals surface area contributed by atoms with E-state index in [1.54, 1.807) is 0 Å². The van der Waals surface area contributed by atoms with Crippen molar-refractivity contribution in [3.63, 3.8) is 0 Å². The highest BCUT2D eigenvalue weighted by molar-refractivity contribution is 5.26. The van der Waals surface area contributed by atoms with Gasteiger partial charge in [0.2, 0.25) is 0 Å². The first-order valence-electron chi connectivity index (χ1n) is 9.18. The Morgan fingerprint density at radius 1 is 1.09 bits per heavy atom. The maximum absolute atomic E-state index is 10.5. The highest BCUT2D eigenvalue weighted by Crippen LogP contribution is 2.64. The first-order chi connectivity index (χ1) is 10.5. The van der Waals surface area contributed by atoms with Gasteiger partial charge in [0.1, 0.15) is 0 Å². The molecule has 0 aromatic rings. The summed E-state index contributed by atoms with van der Waals surface area (Å²) in [5, 5.41) is 30.8. The maximum Gasteiger partial charge on any atom is 0.0596 e. The van der Waals surface area contributed by atoms with Gasteiger partial charge in [0.15, 0.2) is 0 Å². The summed E-state index contributed by atoms with van der Waals surface area (Å²) < 4.78 is 0. The summed E-state index contributed by atoms with van der Waals surface area (Å²) in [7, 11) is 0. The van der Waals surface area contributed by atoms with E-state index in [-0.39, 0.29) is 29.6 Å². The minimum atomic E-state index is -0.218. The van der Waals surface area contributed by atoms with Crippen molar-refractivity contribution in [3.05, 3.63) is 11.6 Å². The Balaban J connectivity index is 1.70. The molecule has 4 aliphatic carbocycles. The lowest BCUT2D eigenvalue weighted by atomic mass is 9.47. The summed E-state index contributed by atoms with van der Waals surface area (Å²) in [6.07, 6.45) is 9.91. The highest BCUT2D eigenvalue weighted by atomic mass is 16.3. The molecule has 7 atom stereocenters. The van der Waals surface area contributed by atoms with Crippen LogP contribution < -0.4 is 0 Å². The SMILES string of the molecule is C[C@@]12CC[C@H]3[C@@H](CC=C4C[C@H](O)CC[C@@]43CO)[C@@H]1CC[C@@H]2O. The molecule has 0 bridgehead atoms. The molecule has 3 saturated carbocycles. The molecule has 3 N–H and O–H groups in total. The van der Waals surface area contributed by atoms with Crippen LogP contribution in [-0.4, -0.2) is 34.1 Å². The molecule has 0 saturated heterocycles. The van der Waals surface area contributed by atoms with Gasteiger partial charge in [0.25, 0.3) is 0 Å². The molecule has 0 spiro atoms. The first-order valence-corrected chi connectivity index (χ1v) is 9.18. The van der Waals surface area contributed by atoms with E-state index in [4.69, 9.17) is 0 Å². The zero-order valence-electron chi connectivity index (χ0n) is 13.7. The van der Waals surface area contributed by atoms with Crippen molar-refractivity contribution in [2.75, 3.05) is 6.61 Å². The average molecular weight is 306 g/mol. The predicted molar refractivity (Wildman–Crippen MR) is 85.1 cm³/mol. The molecule has 3 heteroatoms. The van der Waals surface area contributed by atoms with Gasteiger partial charge in [-0.15, -0.1) is 0 Å². The zero-order valence-corrected chi connectivity index (χ0v) is 13.7. The molecule has 3 fully saturated rings. The third kappa shape index (κ3) is 1.85. The fraction of sp³-hybridized carbons (Fsp3) is 0.895. The van der Waals surface area contributed by atoms with Crippen molar-refractivity contribution in [1.29, 1.82) is 0 Å². The van der Waals surface area contributed by atoms with Crippen molar-refractivity contribution in [2.24, 2.45) is 28.6 Å². The topological polar surface area (TPSA) is 60.7 Å². The van der Waals surface area contributed by atoms with Crippen LogP contribution in [0.5, 0.6) is 0 Å². The van der Waals surface area contributed by atoms with E-state index in [0.717, 1.165) is 51.4 Å². The molecule has 0 aromatic heterocycles. The van der Waals surface area contributed by atoms with Gasteiger partial charge in [-0.1, -0.05) is 18.6 Å². The van der Waals surface area contributed by atoms with Crippen LogP contribution in [0.1, 0.15) is 58.3 Å². The largest absolute Gasteiger partial charge is 0.395 e. The van der Waals surface area contributed by atoms with Crippen molar-refractivity contribution < 1.29 is 15.3 Å². The normalized spacial score (nSPS) is 54.2. The van der Waals surface area contributed by atoms with Crippen LogP contribution in [0.4, 0.5) is 0 Å². The Morgan fingerprint density at radius 3 is 2.68 bits per heavy atom. The number of aliphatic hydroxyl groups is 3. The summed E-state index contributed by atoms with van der Waals surface area (Å²) in [5.74, 6) is 1.77. The quantitative estimate of drug-likeness (QED) is 0.653. The number of aliphatic hydroxyl groups excluding tert-OH is 3. The molecule has 0 amide bonds. The van der Waals surface area contributed by atoms with Gasteiger partial charge in [-0.25, -0.2) is 0 Å². The summed E-state index contributed by atoms with van der Waals surface area (Å²) in [4.78, 5) is 0. The lowest BCUT2D eigenvalue weighted by molar-refractivity contribution is -0.0889. The van der Waals surface area contributed by atoms with E-state index in [0.29, 0.717) is 17.8 Å². The van der Waals surface area contributed by atoms with E-state index in [1.165, 1.54) is 5.57 Å². The van der Waals surface area contributed by atoms with Gasteiger partial charge in [-0.05, 0) is 74.5 Å². The lowest BCUT2D eigenvalue weighted by Gasteiger charge is -2.58. The predicted octanol–water partition coefficient (Wildman–Crippen LogP) is 2.64. The standard InChI is InChI=1S/C19H30O3/c1-18-8-7-16-14(15(18)4-5-17(18)22)3-2-12-10-13(21)6-9-19(12,16)11-20/h2,13-17,20-22H,3-11H2,1H3/t13-,14+,15+,16+,17+,18-,19-/m1/s1. The Morgan fingerprint density at radius 2 is 1.91 bits per heavy atom. The summed E-state index contributed by atoms with van der Waals surface area (Å²) in [6.45, 7) is 2.53. The monoisotopic (exact) mass is 306 g/mol. The second-order valence-corrected chi connectivity index (χ2v) is 8.69. The molecular formula is C19H30O3. The lowest BCUT2D eigenvalue weighted by Crippen LogP contribution is -2.53. The molecule has 0 aromatic carbocycles. The fourth-order valence-electron chi connectivity index (χ4n) is 6.70. The number of rotatable bonds is 1. The van der Waals surface area contributed by atoms with Gasteiger partial charge in [0.05, 0.1) is 18.8 Å². The molecule has 3 nitrogen and oxygen atoms in total. The molecule has 4 rings (SSSR count). The van der Waals surface area contributed by atoms with Crippen LogP contribution in [0, 0.1) is 28.6 Å². The van der Waals surface area contributed by atoms with Crippen LogP contribution in [0.3, 0.4) is 0 Å². The van der Waals surface area contributed by atoms with Crippen molar-refractivity contribution in [1.82, 2.24) is 0 Å². The van der Waals surface area contributed by atoms with Crippen molar-refractivity contribution in [3.8, 4) is 0 Å². The molecule has 4 aliphatic rings. The third-order valence-corrected chi connectivity index (χ3v) is 8.03. The smallest absolute Gasteiger partial charge is 0.0596 e. The van der Waals surface area contributed by atoms with E-state index in [2.05, 4.69) is 13.0 Å². The van der Waals surface area contributed by atoms with Gasteiger partial charge in [-0.3, -0.25) is 0 Å². The molecule has 22 heavy (non-hydrogen) atoms. The number of hydrogen-bond donors (Lipinski definition) is 3. The van der Waals surface area contributed by atoms with Crippen LogP contribution in [0.25, 0.3) is 0 Å². The fourth-order valence-corrected chi connectivity index (χ4v) is 6.70.